The van der Waals surface area contributed by atoms with Gasteiger partial charge in [0.25, 0.3) is 0 Å². The van der Waals surface area contributed by atoms with Crippen LogP contribution in [-0.4, -0.2) is 47.6 Å². The van der Waals surface area contributed by atoms with E-state index in [1.165, 1.54) is 16.7 Å². The van der Waals surface area contributed by atoms with E-state index < -0.39 is 13.3 Å². The van der Waals surface area contributed by atoms with Crippen LogP contribution in [0.1, 0.15) is 26.3 Å². The molecule has 8 nitrogen and oxygen atoms in total. The number of halogens is 1. The maximum atomic E-state index is 9.43. The Morgan fingerprint density at radius 2 is 2.04 bits per heavy atom. The van der Waals surface area contributed by atoms with Crippen molar-refractivity contribution < 1.29 is 24.3 Å². The van der Waals surface area contributed by atoms with Crippen LogP contribution in [0.4, 0.5) is 4.79 Å². The highest BCUT2D eigenvalue weighted by Crippen LogP contribution is 2.34. The largest absolute Gasteiger partial charge is 0.472 e. The van der Waals surface area contributed by atoms with Gasteiger partial charge in [-0.3, -0.25) is 4.90 Å². The zero-order chi connectivity index (χ0) is 21.2. The zero-order valence-electron chi connectivity index (χ0n) is 15.7. The van der Waals surface area contributed by atoms with Crippen LogP contribution in [0.3, 0.4) is 0 Å². The number of carboxylic acid groups (broad SMARTS) is 1. The standard InChI is InChI=1S/C16H20ClN3S.CH3O5P/c1-10(2)6-7-19-9-12-13(17)4-5-14-15(12)20(8-11(19)3)16(21)18-14;2-1(3)7(4,5)6/h4-6,11H,7-9H2,1-3H3,(H,18,21);(H,2,3)(H2,4,5,6)/t11-;/m0./s1. The van der Waals surface area contributed by atoms with Crippen LogP contribution in [0.5, 0.6) is 0 Å². The molecule has 2 aromatic rings. The Morgan fingerprint density at radius 1 is 1.43 bits per heavy atom. The Balaban J connectivity index is 0.000000345. The van der Waals surface area contributed by atoms with Crippen LogP contribution >= 0.6 is 31.4 Å². The van der Waals surface area contributed by atoms with Gasteiger partial charge >= 0.3 is 13.3 Å². The maximum Gasteiger partial charge on any atom is 0.433 e. The molecule has 0 aliphatic carbocycles. The predicted octanol–water partition coefficient (Wildman–Crippen LogP) is 4.36. The van der Waals surface area contributed by atoms with E-state index in [-0.39, 0.29) is 0 Å². The van der Waals surface area contributed by atoms with E-state index >= 15 is 0 Å². The maximum absolute atomic E-state index is 9.43. The lowest BCUT2D eigenvalue weighted by Gasteiger charge is -2.26. The quantitative estimate of drug-likeness (QED) is 0.313. The van der Waals surface area contributed by atoms with Gasteiger partial charge in [-0.1, -0.05) is 23.3 Å². The van der Waals surface area contributed by atoms with Crippen LogP contribution < -0.4 is 0 Å². The summed E-state index contributed by atoms with van der Waals surface area (Å²) in [5.41, 5.74) is 2.67. The SMILES string of the molecule is CC(C)=CCN1Cc2c(Cl)ccc3[nH]c(=S)n(c23)C[C@@H]1C.O=C(O)P(=O)(O)O. The minimum Gasteiger partial charge on any atom is -0.472 e. The molecule has 0 saturated carbocycles. The number of aromatic amines is 1. The molecule has 11 heteroatoms. The third kappa shape index (κ3) is 5.31. The van der Waals surface area contributed by atoms with Crippen molar-refractivity contribution in [3.63, 3.8) is 0 Å². The second-order valence-corrected chi connectivity index (χ2v) is 9.11. The van der Waals surface area contributed by atoms with Crippen LogP contribution in [0.15, 0.2) is 23.8 Å². The van der Waals surface area contributed by atoms with Crippen molar-refractivity contribution in [2.75, 3.05) is 6.54 Å². The summed E-state index contributed by atoms with van der Waals surface area (Å²) in [5.74, 6) is 0. The average molecular weight is 448 g/mol. The lowest BCUT2D eigenvalue weighted by Crippen LogP contribution is -2.34. The molecule has 0 fully saturated rings. The minimum atomic E-state index is -4.82. The van der Waals surface area contributed by atoms with E-state index in [4.69, 9.17) is 38.7 Å². The van der Waals surface area contributed by atoms with Crippen molar-refractivity contribution in [3.05, 3.63) is 39.1 Å². The first-order chi connectivity index (χ1) is 12.9. The van der Waals surface area contributed by atoms with Crippen molar-refractivity contribution in [2.45, 2.75) is 39.9 Å². The second-order valence-electron chi connectivity index (χ2n) is 6.85. The monoisotopic (exact) mass is 447 g/mol. The van der Waals surface area contributed by atoms with Crippen LogP contribution in [0, 0.1) is 4.77 Å². The summed E-state index contributed by atoms with van der Waals surface area (Å²) in [6.07, 6.45) is 2.27. The fraction of sp³-hybridized carbons (Fsp3) is 0.412. The number of carbonyl (C=O) groups is 1. The van der Waals surface area contributed by atoms with Gasteiger partial charge in [0, 0.05) is 36.3 Å². The number of hydrogen-bond acceptors (Lipinski definition) is 4. The highest BCUT2D eigenvalue weighted by atomic mass is 35.5. The average Bonchev–Trinajstić information content (AvgIpc) is 2.79. The Hall–Kier alpha value is -1.48. The van der Waals surface area contributed by atoms with Gasteiger partial charge in [0.15, 0.2) is 4.77 Å². The number of rotatable bonds is 3. The van der Waals surface area contributed by atoms with E-state index in [0.717, 1.165) is 34.9 Å². The van der Waals surface area contributed by atoms with Crippen molar-refractivity contribution in [1.29, 1.82) is 0 Å². The van der Waals surface area contributed by atoms with Crippen LogP contribution in [0.2, 0.25) is 5.02 Å². The van der Waals surface area contributed by atoms with Gasteiger partial charge in [-0.05, 0) is 45.1 Å². The summed E-state index contributed by atoms with van der Waals surface area (Å²) < 4.78 is 12.4. The Labute approximate surface area is 172 Å². The minimum absolute atomic E-state index is 0.412. The molecular weight excluding hydrogens is 425 g/mol. The molecule has 1 aliphatic rings. The number of allylic oxidation sites excluding steroid dienone is 1. The van der Waals surface area contributed by atoms with E-state index in [9.17, 15) is 9.36 Å². The zero-order valence-corrected chi connectivity index (χ0v) is 18.2. The number of benzene rings is 1. The summed E-state index contributed by atoms with van der Waals surface area (Å²) in [5, 5.41) is 8.31. The summed E-state index contributed by atoms with van der Waals surface area (Å²) >= 11 is 11.9. The number of nitrogens with zero attached hydrogens (tertiary/aromatic N) is 2. The van der Waals surface area contributed by atoms with Gasteiger partial charge in [0.2, 0.25) is 0 Å². The van der Waals surface area contributed by atoms with Crippen molar-refractivity contribution in [3.8, 4) is 0 Å². The fourth-order valence-electron chi connectivity index (χ4n) is 2.91. The summed E-state index contributed by atoms with van der Waals surface area (Å²) in [7, 11) is -4.82. The van der Waals surface area contributed by atoms with Crippen molar-refractivity contribution >= 4 is 48.2 Å². The van der Waals surface area contributed by atoms with Gasteiger partial charge in [-0.15, -0.1) is 0 Å². The molecule has 0 unspecified atom stereocenters. The molecular formula is C17H23ClN3O5PS. The predicted molar refractivity (Wildman–Crippen MR) is 112 cm³/mol. The Kier molecular flexibility index (Phi) is 7.25. The molecule has 28 heavy (non-hydrogen) atoms. The molecule has 0 radical (unpaired) electrons. The summed E-state index contributed by atoms with van der Waals surface area (Å²) in [6, 6.07) is 4.39. The van der Waals surface area contributed by atoms with E-state index in [1.807, 2.05) is 12.1 Å². The van der Waals surface area contributed by atoms with E-state index in [1.54, 1.807) is 0 Å². The summed E-state index contributed by atoms with van der Waals surface area (Å²) in [4.78, 5) is 30.2. The second kappa shape index (κ2) is 8.90. The molecule has 1 aromatic carbocycles. The molecule has 1 atom stereocenters. The molecule has 1 aromatic heterocycles. The first-order valence-electron chi connectivity index (χ1n) is 8.48. The molecule has 0 amide bonds. The molecule has 2 heterocycles. The van der Waals surface area contributed by atoms with Crippen molar-refractivity contribution in [2.24, 2.45) is 0 Å². The molecule has 0 saturated heterocycles. The lowest BCUT2D eigenvalue weighted by molar-refractivity contribution is 0.208. The van der Waals surface area contributed by atoms with E-state index in [0.29, 0.717) is 6.04 Å². The van der Waals surface area contributed by atoms with Gasteiger partial charge < -0.3 is 24.4 Å². The van der Waals surface area contributed by atoms with Crippen LogP contribution in [-0.2, 0) is 17.7 Å². The number of imidazole rings is 1. The number of H-pyrrole nitrogens is 1. The molecule has 0 spiro atoms. The lowest BCUT2D eigenvalue weighted by atomic mass is 10.1. The summed E-state index contributed by atoms with van der Waals surface area (Å²) in [6.45, 7) is 9.21. The molecule has 3 rings (SSSR count). The first-order valence-corrected chi connectivity index (χ1v) is 10.9. The highest BCUT2D eigenvalue weighted by molar-refractivity contribution is 7.71. The molecule has 0 bridgehead atoms. The fourth-order valence-corrected chi connectivity index (χ4v) is 3.40. The topological polar surface area (TPSA) is 119 Å². The highest BCUT2D eigenvalue weighted by Gasteiger charge is 2.24. The molecule has 1 aliphatic heterocycles. The third-order valence-corrected chi connectivity index (χ3v) is 5.57. The van der Waals surface area contributed by atoms with E-state index in [2.05, 4.69) is 41.3 Å². The van der Waals surface area contributed by atoms with Gasteiger partial charge in [-0.2, -0.15) is 0 Å². The van der Waals surface area contributed by atoms with Gasteiger partial charge in [0.1, 0.15) is 0 Å². The third-order valence-electron chi connectivity index (χ3n) is 4.40. The first kappa shape index (κ1) is 22.8. The number of aromatic nitrogens is 2. The smallest absolute Gasteiger partial charge is 0.433 e. The van der Waals surface area contributed by atoms with Crippen molar-refractivity contribution in [1.82, 2.24) is 14.5 Å². The Morgan fingerprint density at radius 3 is 2.57 bits per heavy atom. The molecule has 4 N–H and O–H groups in total. The van der Waals surface area contributed by atoms with Gasteiger partial charge in [0.05, 0.1) is 11.0 Å². The normalized spacial score (nSPS) is 16.9. The van der Waals surface area contributed by atoms with Gasteiger partial charge in [-0.25, -0.2) is 9.36 Å². The number of hydrogen-bond donors (Lipinski definition) is 4. The molecule has 154 valence electrons. The Bertz CT molecular complexity index is 1020. The van der Waals surface area contributed by atoms with Crippen LogP contribution in [0.25, 0.3) is 11.0 Å². The number of nitrogens with one attached hydrogen (secondary N) is 1.